The molecule has 0 radical (unpaired) electrons. The third-order valence-corrected chi connectivity index (χ3v) is 6.20. The first-order chi connectivity index (χ1) is 11.9. The molecule has 0 unspecified atom stereocenters. The molecule has 2 aromatic rings. The van der Waals surface area contributed by atoms with E-state index in [1.807, 2.05) is 6.07 Å². The van der Waals surface area contributed by atoms with E-state index in [9.17, 15) is 21.6 Å². The zero-order valence-corrected chi connectivity index (χ0v) is 14.2. The third kappa shape index (κ3) is 4.02. The minimum Gasteiger partial charge on any atom is -0.329 e. The van der Waals surface area contributed by atoms with Crippen LogP contribution < -0.4 is 4.90 Å². The largest absolute Gasteiger partial charge is 0.329 e. The molecule has 1 saturated heterocycles. The minimum atomic E-state index is -4.07. The molecular weight excluding hydrogens is 353 g/mol. The van der Waals surface area contributed by atoms with E-state index >= 15 is 0 Å². The number of benzene rings is 2. The van der Waals surface area contributed by atoms with Crippen molar-refractivity contribution < 1.29 is 26.5 Å². The quantitative estimate of drug-likeness (QED) is 0.878. The van der Waals surface area contributed by atoms with Crippen LogP contribution in [0.2, 0.25) is 0 Å². The summed E-state index contributed by atoms with van der Waals surface area (Å²) in [5.74, 6) is -2.06. The van der Waals surface area contributed by atoms with Crippen molar-refractivity contribution in [2.75, 3.05) is 26.2 Å². The highest BCUT2D eigenvalue weighted by Gasteiger charge is 2.32. The Kier molecular flexibility index (Phi) is 5.12. The maximum atomic E-state index is 13.8. The van der Waals surface area contributed by atoms with E-state index in [0.29, 0.717) is 25.7 Å². The van der Waals surface area contributed by atoms with Crippen molar-refractivity contribution in [2.24, 2.45) is 0 Å². The monoisotopic (exact) mass is 371 g/mol. The van der Waals surface area contributed by atoms with Gasteiger partial charge in [0, 0.05) is 5.56 Å². The van der Waals surface area contributed by atoms with Gasteiger partial charge >= 0.3 is 0 Å². The van der Waals surface area contributed by atoms with Crippen molar-refractivity contribution in [1.82, 2.24) is 4.31 Å². The second kappa shape index (κ2) is 7.15. The van der Waals surface area contributed by atoms with Gasteiger partial charge in [-0.15, -0.1) is 0 Å². The molecule has 0 aromatic heterocycles. The van der Waals surface area contributed by atoms with Crippen molar-refractivity contribution in [3.8, 4) is 0 Å². The molecule has 1 N–H and O–H groups in total. The van der Waals surface area contributed by atoms with Crippen LogP contribution in [0.15, 0.2) is 47.4 Å². The second-order valence-electron chi connectivity index (χ2n) is 6.04. The number of halogens is 3. The lowest BCUT2D eigenvalue weighted by Crippen LogP contribution is -3.13. The summed E-state index contributed by atoms with van der Waals surface area (Å²) < 4.78 is 66.6. The summed E-state index contributed by atoms with van der Waals surface area (Å²) >= 11 is 0. The maximum Gasteiger partial charge on any atom is 0.246 e. The summed E-state index contributed by atoms with van der Waals surface area (Å²) in [6, 6.07) is 8.69. The predicted octanol–water partition coefficient (Wildman–Crippen LogP) is 1.19. The van der Waals surface area contributed by atoms with Crippen molar-refractivity contribution in [1.29, 1.82) is 0 Å². The molecule has 0 amide bonds. The Bertz CT molecular complexity index is 866. The standard InChI is InChI=1S/C17H17F3N2O2S/c18-14-3-1-2-13(10-14)12-21-6-8-22(9-7-21)25(23,24)17-11-15(19)4-5-16(17)20/h1-5,10-11H,6-9,12H2/p+1. The fourth-order valence-corrected chi connectivity index (χ4v) is 4.49. The van der Waals surface area contributed by atoms with Gasteiger partial charge in [0.25, 0.3) is 0 Å². The Morgan fingerprint density at radius 1 is 0.960 bits per heavy atom. The summed E-state index contributed by atoms with van der Waals surface area (Å²) in [6.07, 6.45) is 0. The van der Waals surface area contributed by atoms with Crippen LogP contribution in [0.4, 0.5) is 13.2 Å². The Balaban J connectivity index is 1.68. The van der Waals surface area contributed by atoms with Crippen LogP contribution in [-0.2, 0) is 16.6 Å². The molecule has 1 aliphatic heterocycles. The van der Waals surface area contributed by atoms with Crippen molar-refractivity contribution >= 4 is 10.0 Å². The van der Waals surface area contributed by atoms with E-state index in [0.717, 1.165) is 22.6 Å². The van der Waals surface area contributed by atoms with E-state index in [-0.39, 0.29) is 18.9 Å². The second-order valence-corrected chi connectivity index (χ2v) is 7.94. The highest BCUT2D eigenvalue weighted by atomic mass is 32.2. The number of hydrogen-bond acceptors (Lipinski definition) is 2. The van der Waals surface area contributed by atoms with Gasteiger partial charge in [0.05, 0.1) is 26.2 Å². The summed E-state index contributed by atoms with van der Waals surface area (Å²) in [5, 5.41) is 0. The first-order valence-electron chi connectivity index (χ1n) is 7.89. The smallest absolute Gasteiger partial charge is 0.246 e. The van der Waals surface area contributed by atoms with Crippen LogP contribution in [0.1, 0.15) is 5.56 Å². The first kappa shape index (κ1) is 17.9. The molecule has 0 atom stereocenters. The third-order valence-electron chi connectivity index (χ3n) is 4.28. The predicted molar refractivity (Wildman–Crippen MR) is 85.9 cm³/mol. The number of hydrogen-bond donors (Lipinski definition) is 1. The van der Waals surface area contributed by atoms with E-state index in [2.05, 4.69) is 0 Å². The normalized spacial score (nSPS) is 16.9. The van der Waals surface area contributed by atoms with Crippen LogP contribution in [0.3, 0.4) is 0 Å². The van der Waals surface area contributed by atoms with Crippen molar-refractivity contribution in [3.05, 3.63) is 65.5 Å². The molecule has 0 spiro atoms. The summed E-state index contributed by atoms with van der Waals surface area (Å²) in [7, 11) is -4.07. The highest BCUT2D eigenvalue weighted by Crippen LogP contribution is 2.20. The number of piperazine rings is 1. The van der Waals surface area contributed by atoms with Crippen LogP contribution in [0, 0.1) is 17.5 Å². The summed E-state index contributed by atoms with van der Waals surface area (Å²) in [5.41, 5.74) is 0.836. The Labute approximate surface area is 144 Å². The highest BCUT2D eigenvalue weighted by molar-refractivity contribution is 7.89. The van der Waals surface area contributed by atoms with E-state index in [4.69, 9.17) is 0 Å². The molecular formula is C17H18F3N2O2S+. The Morgan fingerprint density at radius 2 is 1.64 bits per heavy atom. The fraction of sp³-hybridized carbons (Fsp3) is 0.294. The van der Waals surface area contributed by atoms with Crippen molar-refractivity contribution in [3.63, 3.8) is 0 Å². The van der Waals surface area contributed by atoms with Crippen molar-refractivity contribution in [2.45, 2.75) is 11.4 Å². The number of nitrogens with one attached hydrogen (secondary N) is 1. The zero-order chi connectivity index (χ0) is 18.0. The lowest BCUT2D eigenvalue weighted by molar-refractivity contribution is -0.917. The number of rotatable bonds is 4. The van der Waals surface area contributed by atoms with Gasteiger partial charge in [-0.25, -0.2) is 21.6 Å². The lowest BCUT2D eigenvalue weighted by Gasteiger charge is -2.31. The average Bonchev–Trinajstić information content (AvgIpc) is 2.57. The number of nitrogens with zero attached hydrogens (tertiary/aromatic N) is 1. The molecule has 0 saturated carbocycles. The molecule has 1 fully saturated rings. The zero-order valence-electron chi connectivity index (χ0n) is 13.4. The molecule has 0 bridgehead atoms. The van der Waals surface area contributed by atoms with Gasteiger partial charge in [0.1, 0.15) is 28.9 Å². The van der Waals surface area contributed by atoms with Gasteiger partial charge in [-0.05, 0) is 30.3 Å². The van der Waals surface area contributed by atoms with Gasteiger partial charge in [-0.1, -0.05) is 12.1 Å². The molecule has 2 aromatic carbocycles. The Hall–Kier alpha value is -1.90. The van der Waals surface area contributed by atoms with Gasteiger partial charge in [-0.3, -0.25) is 0 Å². The fourth-order valence-electron chi connectivity index (χ4n) is 2.97. The summed E-state index contributed by atoms with van der Waals surface area (Å²) in [6.45, 7) is 1.99. The van der Waals surface area contributed by atoms with Gasteiger partial charge in [0.15, 0.2) is 0 Å². The molecule has 134 valence electrons. The Morgan fingerprint density at radius 3 is 2.32 bits per heavy atom. The van der Waals surface area contributed by atoms with Crippen LogP contribution in [0.5, 0.6) is 0 Å². The number of quaternary nitrogens is 1. The number of sulfonamides is 1. The SMILES string of the molecule is O=S(=O)(c1cc(F)ccc1F)N1CC[NH+](Cc2cccc(F)c2)CC1. The maximum absolute atomic E-state index is 13.8. The van der Waals surface area contributed by atoms with Gasteiger partial charge in [-0.2, -0.15) is 4.31 Å². The van der Waals surface area contributed by atoms with E-state index in [1.54, 1.807) is 6.07 Å². The van der Waals surface area contributed by atoms with Gasteiger partial charge in [0.2, 0.25) is 10.0 Å². The molecule has 4 nitrogen and oxygen atoms in total. The van der Waals surface area contributed by atoms with Gasteiger partial charge < -0.3 is 4.90 Å². The topological polar surface area (TPSA) is 41.8 Å². The average molecular weight is 371 g/mol. The van der Waals surface area contributed by atoms with Crippen LogP contribution in [0.25, 0.3) is 0 Å². The summed E-state index contributed by atoms with van der Waals surface area (Å²) in [4.78, 5) is 0.470. The first-order valence-corrected chi connectivity index (χ1v) is 9.33. The molecule has 8 heteroatoms. The lowest BCUT2D eigenvalue weighted by atomic mass is 10.2. The molecule has 3 rings (SSSR count). The molecule has 0 aliphatic carbocycles. The van der Waals surface area contributed by atoms with Crippen LogP contribution >= 0.6 is 0 Å². The molecule has 1 heterocycles. The van der Waals surface area contributed by atoms with E-state index < -0.39 is 26.6 Å². The van der Waals surface area contributed by atoms with E-state index in [1.165, 1.54) is 16.4 Å². The molecule has 25 heavy (non-hydrogen) atoms. The van der Waals surface area contributed by atoms with Crippen LogP contribution in [-0.4, -0.2) is 38.9 Å². The minimum absolute atomic E-state index is 0.197. The molecule has 1 aliphatic rings.